The van der Waals surface area contributed by atoms with Gasteiger partial charge < -0.3 is 19.4 Å². The zero-order chi connectivity index (χ0) is 28.4. The van der Waals surface area contributed by atoms with Crippen molar-refractivity contribution in [2.75, 3.05) is 36.5 Å². The number of nitro benzene ring substituents is 1. The van der Waals surface area contributed by atoms with Crippen LogP contribution >= 0.6 is 12.2 Å². The van der Waals surface area contributed by atoms with E-state index in [1.807, 2.05) is 48.2 Å². The van der Waals surface area contributed by atoms with Crippen molar-refractivity contribution in [1.29, 1.82) is 0 Å². The summed E-state index contributed by atoms with van der Waals surface area (Å²) in [5.74, 6) is 0.300. The molecule has 5 rings (SSSR count). The molecule has 1 aromatic heterocycles. The lowest BCUT2D eigenvalue weighted by molar-refractivity contribution is -0.384. The summed E-state index contributed by atoms with van der Waals surface area (Å²) in [5.41, 5.74) is 5.42. The molecule has 0 spiro atoms. The number of aromatic nitrogens is 1. The van der Waals surface area contributed by atoms with E-state index >= 15 is 0 Å². The molecule has 0 bridgehead atoms. The van der Waals surface area contributed by atoms with E-state index in [0.717, 1.165) is 16.6 Å². The quantitative estimate of drug-likeness (QED) is 0.171. The Morgan fingerprint density at radius 2 is 1.88 bits per heavy atom. The van der Waals surface area contributed by atoms with Crippen LogP contribution in [0, 0.1) is 17.0 Å². The lowest BCUT2D eigenvalue weighted by atomic mass is 10.0. The van der Waals surface area contributed by atoms with E-state index in [9.17, 15) is 14.9 Å². The van der Waals surface area contributed by atoms with Gasteiger partial charge >= 0.3 is 0 Å². The van der Waals surface area contributed by atoms with Gasteiger partial charge in [-0.1, -0.05) is 26.0 Å². The number of ether oxygens (including phenoxy) is 1. The summed E-state index contributed by atoms with van der Waals surface area (Å²) in [5, 5.41) is 17.5. The summed E-state index contributed by atoms with van der Waals surface area (Å²) in [7, 11) is 0. The molecule has 1 amide bonds. The molecular formula is C29H29N5O5S. The second kappa shape index (κ2) is 11.4. The van der Waals surface area contributed by atoms with Gasteiger partial charge in [0.1, 0.15) is 11.2 Å². The fraction of sp³-hybridized carbons (Fsp3) is 0.276. The SMILES string of the molecule is Cc1ccc(-c2nc3cc(C(C)C)ccc3o2)cc1NC(=S)NC(=O)c1ccc(N2CCOCC2)c([N+](=O)[O-])c1. The van der Waals surface area contributed by atoms with Gasteiger partial charge in [-0.3, -0.25) is 20.2 Å². The second-order valence-electron chi connectivity index (χ2n) is 9.90. The molecule has 0 aliphatic carbocycles. The van der Waals surface area contributed by atoms with Crippen LogP contribution in [0.3, 0.4) is 0 Å². The molecule has 0 saturated carbocycles. The van der Waals surface area contributed by atoms with E-state index in [-0.39, 0.29) is 16.4 Å². The Morgan fingerprint density at radius 1 is 1.10 bits per heavy atom. The van der Waals surface area contributed by atoms with Crippen molar-refractivity contribution in [2.24, 2.45) is 0 Å². The molecule has 4 aromatic rings. The summed E-state index contributed by atoms with van der Waals surface area (Å²) in [6.07, 6.45) is 0. The van der Waals surface area contributed by atoms with E-state index in [2.05, 4.69) is 29.5 Å². The van der Waals surface area contributed by atoms with Crippen LogP contribution in [0.15, 0.2) is 59.0 Å². The molecule has 1 fully saturated rings. The number of thiocarbonyl (C=S) groups is 1. The number of nitrogens with zero attached hydrogens (tertiary/aromatic N) is 3. The van der Waals surface area contributed by atoms with Crippen LogP contribution in [0.4, 0.5) is 17.1 Å². The second-order valence-corrected chi connectivity index (χ2v) is 10.3. The summed E-state index contributed by atoms with van der Waals surface area (Å²) in [6.45, 7) is 8.23. The molecule has 1 saturated heterocycles. The van der Waals surface area contributed by atoms with Crippen molar-refractivity contribution in [3.8, 4) is 11.5 Å². The monoisotopic (exact) mass is 559 g/mol. The van der Waals surface area contributed by atoms with E-state index in [4.69, 9.17) is 21.4 Å². The predicted molar refractivity (Wildman–Crippen MR) is 158 cm³/mol. The molecule has 2 heterocycles. The maximum Gasteiger partial charge on any atom is 0.293 e. The van der Waals surface area contributed by atoms with Crippen LogP contribution in [-0.2, 0) is 4.74 Å². The Morgan fingerprint density at radius 3 is 2.60 bits per heavy atom. The first-order chi connectivity index (χ1) is 19.2. The van der Waals surface area contributed by atoms with Gasteiger partial charge in [0.2, 0.25) is 5.89 Å². The Labute approximate surface area is 236 Å². The Bertz CT molecular complexity index is 1610. The number of oxazole rings is 1. The molecule has 0 unspecified atom stereocenters. The molecular weight excluding hydrogens is 530 g/mol. The Kier molecular flexibility index (Phi) is 7.76. The third kappa shape index (κ3) is 5.80. The average molecular weight is 560 g/mol. The highest BCUT2D eigenvalue weighted by atomic mass is 32.1. The van der Waals surface area contributed by atoms with Crippen LogP contribution in [0.2, 0.25) is 0 Å². The number of rotatable bonds is 6. The van der Waals surface area contributed by atoms with Crippen LogP contribution < -0.4 is 15.5 Å². The summed E-state index contributed by atoms with van der Waals surface area (Å²) in [4.78, 5) is 30.8. The van der Waals surface area contributed by atoms with Gasteiger partial charge in [-0.2, -0.15) is 0 Å². The molecule has 0 radical (unpaired) electrons. The smallest absolute Gasteiger partial charge is 0.293 e. The number of nitrogens with one attached hydrogen (secondary N) is 2. The number of carbonyl (C=O) groups excluding carboxylic acids is 1. The number of aryl methyl sites for hydroxylation is 1. The first-order valence-corrected chi connectivity index (χ1v) is 13.4. The number of hydrogen-bond donors (Lipinski definition) is 2. The van der Waals surface area contributed by atoms with Crippen molar-refractivity contribution in [3.63, 3.8) is 0 Å². The summed E-state index contributed by atoms with van der Waals surface area (Å²) < 4.78 is 11.3. The molecule has 40 heavy (non-hydrogen) atoms. The maximum atomic E-state index is 12.9. The predicted octanol–water partition coefficient (Wildman–Crippen LogP) is 5.80. The van der Waals surface area contributed by atoms with Crippen LogP contribution in [0.5, 0.6) is 0 Å². The highest BCUT2D eigenvalue weighted by Crippen LogP contribution is 2.31. The largest absolute Gasteiger partial charge is 0.436 e. The molecule has 3 aromatic carbocycles. The number of anilines is 2. The third-order valence-corrected chi connectivity index (χ3v) is 7.03. The first kappa shape index (κ1) is 27.2. The highest BCUT2D eigenvalue weighted by molar-refractivity contribution is 7.80. The van der Waals surface area contributed by atoms with Gasteiger partial charge in [0.25, 0.3) is 11.6 Å². The van der Waals surface area contributed by atoms with E-state index < -0.39 is 10.8 Å². The Balaban J connectivity index is 1.31. The average Bonchev–Trinajstić information content (AvgIpc) is 3.38. The van der Waals surface area contributed by atoms with Crippen molar-refractivity contribution in [3.05, 3.63) is 81.4 Å². The topological polar surface area (TPSA) is 123 Å². The number of fused-ring (bicyclic) bond motifs is 1. The molecule has 1 aliphatic rings. The zero-order valence-electron chi connectivity index (χ0n) is 22.4. The van der Waals surface area contributed by atoms with E-state index in [0.29, 0.717) is 55.1 Å². The van der Waals surface area contributed by atoms with Gasteiger partial charge in [0.05, 0.1) is 18.1 Å². The molecule has 10 nitrogen and oxygen atoms in total. The van der Waals surface area contributed by atoms with Gasteiger partial charge in [-0.15, -0.1) is 0 Å². The number of carbonyl (C=O) groups is 1. The Hall–Kier alpha value is -4.35. The summed E-state index contributed by atoms with van der Waals surface area (Å²) in [6, 6.07) is 16.1. The minimum absolute atomic E-state index is 0.0595. The van der Waals surface area contributed by atoms with Crippen molar-refractivity contribution < 1.29 is 18.9 Å². The fourth-order valence-corrected chi connectivity index (χ4v) is 4.73. The molecule has 2 N–H and O–H groups in total. The third-order valence-electron chi connectivity index (χ3n) is 6.82. The van der Waals surface area contributed by atoms with Crippen LogP contribution in [0.1, 0.15) is 41.3 Å². The number of amides is 1. The van der Waals surface area contributed by atoms with E-state index in [1.165, 1.54) is 11.6 Å². The van der Waals surface area contributed by atoms with Crippen LogP contribution in [-0.4, -0.2) is 47.2 Å². The fourth-order valence-electron chi connectivity index (χ4n) is 4.53. The normalized spacial score (nSPS) is 13.4. The van der Waals surface area contributed by atoms with Gasteiger partial charge in [-0.05, 0) is 72.6 Å². The lowest BCUT2D eigenvalue weighted by Crippen LogP contribution is -2.37. The number of hydrogen-bond acceptors (Lipinski definition) is 8. The molecule has 206 valence electrons. The van der Waals surface area contributed by atoms with Crippen molar-refractivity contribution >= 4 is 51.4 Å². The van der Waals surface area contributed by atoms with Gasteiger partial charge in [0.15, 0.2) is 10.7 Å². The lowest BCUT2D eigenvalue weighted by Gasteiger charge is -2.28. The van der Waals surface area contributed by atoms with Crippen molar-refractivity contribution in [1.82, 2.24) is 10.3 Å². The van der Waals surface area contributed by atoms with E-state index in [1.54, 1.807) is 12.1 Å². The van der Waals surface area contributed by atoms with Gasteiger partial charge in [0, 0.05) is 36.0 Å². The minimum Gasteiger partial charge on any atom is -0.436 e. The van der Waals surface area contributed by atoms with Crippen LogP contribution in [0.25, 0.3) is 22.6 Å². The maximum absolute atomic E-state index is 12.9. The molecule has 0 atom stereocenters. The number of benzene rings is 3. The number of nitro groups is 1. The zero-order valence-corrected chi connectivity index (χ0v) is 23.2. The molecule has 1 aliphatic heterocycles. The highest BCUT2D eigenvalue weighted by Gasteiger charge is 2.24. The van der Waals surface area contributed by atoms with Crippen molar-refractivity contribution in [2.45, 2.75) is 26.7 Å². The summed E-state index contributed by atoms with van der Waals surface area (Å²) >= 11 is 5.40. The minimum atomic E-state index is -0.553. The first-order valence-electron chi connectivity index (χ1n) is 12.9. The standard InChI is InChI=1S/C29H29N5O5S/c1-17(2)19-7-9-26-23(14-19)30-28(39-26)21-5-4-18(3)22(15-21)31-29(40)32-27(35)20-6-8-24(25(16-20)34(36)37)33-10-12-38-13-11-33/h4-9,14-17H,10-13H2,1-3H3,(H2,31,32,35,40). The number of morpholine rings is 1. The molecule has 11 heteroatoms. The van der Waals surface area contributed by atoms with Gasteiger partial charge in [-0.25, -0.2) is 4.98 Å².